The molecule has 0 radical (unpaired) electrons. The Kier molecular flexibility index (Phi) is 23.7. The molecule has 67 heavy (non-hydrogen) atoms. The van der Waals surface area contributed by atoms with Crippen LogP contribution in [0.2, 0.25) is 0 Å². The van der Waals surface area contributed by atoms with Gasteiger partial charge in [-0.05, 0) is 146 Å². The largest absolute Gasteiger partial charge is 0.399 e. The highest BCUT2D eigenvalue weighted by atomic mass is 79.9. The Morgan fingerprint density at radius 1 is 0.373 bits per heavy atom. The van der Waals surface area contributed by atoms with Crippen LogP contribution in [0.4, 0.5) is 51.2 Å². The highest BCUT2D eigenvalue weighted by Crippen LogP contribution is 2.37. The first-order chi connectivity index (χ1) is 32.0. The van der Waals surface area contributed by atoms with Crippen molar-refractivity contribution in [3.05, 3.63) is 234 Å². The molecule has 0 saturated heterocycles. The Morgan fingerprint density at radius 2 is 0.746 bits per heavy atom. The minimum Gasteiger partial charge on any atom is -0.399 e. The molecule has 0 spiro atoms. The molecule has 8 rings (SSSR count). The zero-order chi connectivity index (χ0) is 45.3. The number of halogens is 1. The second-order valence-corrected chi connectivity index (χ2v) is 17.1. The lowest BCUT2D eigenvalue weighted by molar-refractivity contribution is 0.667. The lowest BCUT2D eigenvalue weighted by atomic mass is 10.1. The van der Waals surface area contributed by atoms with Gasteiger partial charge in [-0.2, -0.15) is 0 Å². The van der Waals surface area contributed by atoms with E-state index in [-0.39, 0.29) is 14.9 Å². The van der Waals surface area contributed by atoms with Gasteiger partial charge in [-0.1, -0.05) is 192 Å². The molecule has 0 unspecified atom stereocenters. The maximum atomic E-state index is 5.60. The maximum Gasteiger partial charge on any atom is 0.0482 e. The van der Waals surface area contributed by atoms with Crippen molar-refractivity contribution < 1.29 is 0 Å². The van der Waals surface area contributed by atoms with Crippen LogP contribution in [0.25, 0.3) is 0 Å². The molecule has 0 heterocycles. The van der Waals surface area contributed by atoms with Gasteiger partial charge in [-0.15, -0.1) is 0 Å². The SMILES string of the molecule is Brc1cccc(N(c2ccccc2)c2ccccc2)c1.C.C.CCCCCCc1ccc(N)cc1.CCCCCCc1ccc(Nc2cccc(N(c3ccccc3)c3ccccc3)c2)cc1. The minimum atomic E-state index is 0. The topological polar surface area (TPSA) is 44.5 Å². The monoisotopic (exact) mass is 953 g/mol. The highest BCUT2D eigenvalue weighted by Gasteiger charge is 2.13. The van der Waals surface area contributed by atoms with Gasteiger partial charge in [0.1, 0.15) is 0 Å². The molecule has 0 saturated carbocycles. The number of para-hydroxylation sites is 4. The van der Waals surface area contributed by atoms with Gasteiger partial charge in [0.15, 0.2) is 0 Å². The van der Waals surface area contributed by atoms with Gasteiger partial charge in [-0.25, -0.2) is 0 Å². The standard InChI is InChI=1S/C30H32N2.C18H14BrN.C12H19N.2CH4/c1-2-3-4-7-13-25-20-22-26(23-21-25)31-27-14-12-19-30(24-27)32(28-15-8-5-9-16-28)29-17-10-6-11-18-29;19-15-8-7-13-18(14-15)20(16-9-3-1-4-10-16)17-11-5-2-6-12-17;1-2-3-4-5-6-11-7-9-12(13)10-8-11;;/h5-6,8-12,14-24,31H,2-4,7,13H2,1H3;1-14H;7-10H,2-6,13H2,1H3;2*1H4. The summed E-state index contributed by atoms with van der Waals surface area (Å²) in [6.07, 6.45) is 12.9. The van der Waals surface area contributed by atoms with Crippen molar-refractivity contribution >= 4 is 67.1 Å². The summed E-state index contributed by atoms with van der Waals surface area (Å²) < 4.78 is 1.08. The molecule has 0 atom stereocenters. The van der Waals surface area contributed by atoms with E-state index >= 15 is 0 Å². The van der Waals surface area contributed by atoms with E-state index in [0.717, 1.165) is 55.7 Å². The molecular weight excluding hydrogens is 881 g/mol. The summed E-state index contributed by atoms with van der Waals surface area (Å²) in [5.41, 5.74) is 18.3. The Labute approximate surface area is 412 Å². The number of anilines is 9. The third-order valence-corrected chi connectivity index (χ3v) is 11.6. The summed E-state index contributed by atoms with van der Waals surface area (Å²) in [4.78, 5) is 4.52. The van der Waals surface area contributed by atoms with Crippen molar-refractivity contribution in [2.75, 3.05) is 20.9 Å². The third kappa shape index (κ3) is 17.6. The zero-order valence-corrected chi connectivity index (χ0v) is 39.8. The van der Waals surface area contributed by atoms with Crippen LogP contribution in [0.5, 0.6) is 0 Å². The van der Waals surface area contributed by atoms with Crippen LogP contribution in [0.3, 0.4) is 0 Å². The van der Waals surface area contributed by atoms with E-state index in [9.17, 15) is 0 Å². The lowest BCUT2D eigenvalue weighted by Gasteiger charge is -2.26. The van der Waals surface area contributed by atoms with Crippen molar-refractivity contribution in [1.29, 1.82) is 0 Å². The molecule has 4 nitrogen and oxygen atoms in total. The van der Waals surface area contributed by atoms with Gasteiger partial charge in [0.05, 0.1) is 0 Å². The molecule has 5 heteroatoms. The van der Waals surface area contributed by atoms with Crippen molar-refractivity contribution in [2.45, 2.75) is 92.9 Å². The van der Waals surface area contributed by atoms with E-state index in [1.807, 2.05) is 30.3 Å². The number of aryl methyl sites for hydroxylation is 2. The second-order valence-electron chi connectivity index (χ2n) is 16.2. The summed E-state index contributed by atoms with van der Waals surface area (Å²) in [7, 11) is 0. The summed E-state index contributed by atoms with van der Waals surface area (Å²) in [5.74, 6) is 0. The van der Waals surface area contributed by atoms with Gasteiger partial charge in [0.25, 0.3) is 0 Å². The first kappa shape index (κ1) is 53.1. The number of hydrogen-bond acceptors (Lipinski definition) is 4. The van der Waals surface area contributed by atoms with Gasteiger partial charge < -0.3 is 20.9 Å². The molecule has 348 valence electrons. The average molecular weight is 954 g/mol. The van der Waals surface area contributed by atoms with Crippen LogP contribution in [0.1, 0.15) is 91.2 Å². The molecular formula is C62H73BrN4. The number of nitrogens with zero attached hydrogens (tertiary/aromatic N) is 2. The summed E-state index contributed by atoms with van der Waals surface area (Å²) in [6.45, 7) is 4.50. The molecule has 0 bridgehead atoms. The number of hydrogen-bond donors (Lipinski definition) is 2. The van der Waals surface area contributed by atoms with Gasteiger partial charge >= 0.3 is 0 Å². The van der Waals surface area contributed by atoms with E-state index in [1.165, 1.54) is 75.3 Å². The van der Waals surface area contributed by atoms with Gasteiger partial charge in [0, 0.05) is 55.7 Å². The fraction of sp³-hybridized carbons (Fsp3) is 0.226. The molecule has 8 aromatic rings. The predicted molar refractivity (Wildman–Crippen MR) is 300 cm³/mol. The second kappa shape index (κ2) is 29.9. The highest BCUT2D eigenvalue weighted by molar-refractivity contribution is 9.10. The maximum absolute atomic E-state index is 5.60. The molecule has 0 aliphatic rings. The number of rotatable bonds is 18. The predicted octanol–water partition coefficient (Wildman–Crippen LogP) is 19.6. The summed E-state index contributed by atoms with van der Waals surface area (Å²) in [5, 5.41) is 3.58. The van der Waals surface area contributed by atoms with Crippen LogP contribution >= 0.6 is 15.9 Å². The molecule has 0 amide bonds. The first-order valence-corrected chi connectivity index (χ1v) is 24.2. The summed E-state index contributed by atoms with van der Waals surface area (Å²) >= 11 is 3.55. The molecule has 8 aromatic carbocycles. The van der Waals surface area contributed by atoms with Gasteiger partial charge in [0.2, 0.25) is 0 Å². The van der Waals surface area contributed by atoms with Crippen LogP contribution in [-0.2, 0) is 12.8 Å². The Morgan fingerprint density at radius 3 is 1.15 bits per heavy atom. The number of unbranched alkanes of at least 4 members (excludes halogenated alkanes) is 6. The van der Waals surface area contributed by atoms with Crippen molar-refractivity contribution in [2.24, 2.45) is 0 Å². The quantitative estimate of drug-likeness (QED) is 0.0664. The van der Waals surface area contributed by atoms with Crippen LogP contribution in [0.15, 0.2) is 223 Å². The van der Waals surface area contributed by atoms with Crippen molar-refractivity contribution in [1.82, 2.24) is 0 Å². The minimum absolute atomic E-state index is 0. The molecule has 3 N–H and O–H groups in total. The fourth-order valence-corrected chi connectivity index (χ4v) is 8.05. The first-order valence-electron chi connectivity index (χ1n) is 23.4. The normalized spacial score (nSPS) is 10.1. The van der Waals surface area contributed by atoms with E-state index in [1.54, 1.807) is 0 Å². The molecule has 0 fully saturated rings. The number of nitrogens with one attached hydrogen (secondary N) is 1. The molecule has 0 aliphatic carbocycles. The number of benzene rings is 8. The van der Waals surface area contributed by atoms with Crippen molar-refractivity contribution in [3.63, 3.8) is 0 Å². The van der Waals surface area contributed by atoms with Crippen LogP contribution in [0, 0.1) is 0 Å². The fourth-order valence-electron chi connectivity index (χ4n) is 7.66. The smallest absolute Gasteiger partial charge is 0.0482 e. The van der Waals surface area contributed by atoms with Crippen LogP contribution < -0.4 is 20.9 Å². The molecule has 0 aromatic heterocycles. The Hall–Kier alpha value is -6.56. The average Bonchev–Trinajstić information content (AvgIpc) is 3.35. The Balaban J connectivity index is 0.000000239. The zero-order valence-electron chi connectivity index (χ0n) is 38.2. The van der Waals surface area contributed by atoms with Gasteiger partial charge in [-0.3, -0.25) is 0 Å². The molecule has 0 aliphatic heterocycles. The number of nitrogen functional groups attached to an aromatic ring is 1. The van der Waals surface area contributed by atoms with E-state index < -0.39 is 0 Å². The van der Waals surface area contributed by atoms with E-state index in [0.29, 0.717) is 0 Å². The van der Waals surface area contributed by atoms with Crippen LogP contribution in [-0.4, -0.2) is 0 Å². The Bertz CT molecular complexity index is 2420. The van der Waals surface area contributed by atoms with Crippen molar-refractivity contribution in [3.8, 4) is 0 Å². The third-order valence-electron chi connectivity index (χ3n) is 11.1. The van der Waals surface area contributed by atoms with E-state index in [4.69, 9.17) is 5.73 Å². The number of nitrogens with two attached hydrogens (primary N) is 1. The summed E-state index contributed by atoms with van der Waals surface area (Å²) in [6, 6.07) is 75.8. The lowest BCUT2D eigenvalue weighted by Crippen LogP contribution is -2.09. The van der Waals surface area contributed by atoms with E-state index in [2.05, 4.69) is 233 Å².